The monoisotopic (exact) mass is 93.0 g/mol. The molecule has 0 radical (unpaired) electrons. The molecule has 0 amide bonds. The van der Waals surface area contributed by atoms with E-state index in [0.717, 1.165) is 6.34 Å². The molecule has 0 aliphatic carbocycles. The normalized spacial score (nSPS) is 7.29. The molecule has 0 aliphatic rings. The van der Waals surface area contributed by atoms with Crippen molar-refractivity contribution in [3.05, 3.63) is 5.41 Å². The van der Waals surface area contributed by atoms with Gasteiger partial charge in [0, 0.05) is 6.34 Å². The quantitative estimate of drug-likeness (QED) is 0.260. The van der Waals surface area contributed by atoms with Crippen LogP contribution in [0.2, 0.25) is 0 Å². The second-order valence-electron chi connectivity index (χ2n) is 0.574. The molecule has 0 fully saturated rings. The highest BCUT2D eigenvalue weighted by atomic mass is 14.8. The van der Waals surface area contributed by atoms with E-state index in [1.54, 1.807) is 0 Å². The number of aliphatic imine (C=N–C) groups is 2. The average Bonchev–Trinajstić information content (AvgIpc) is 1.69. The highest BCUT2D eigenvalue weighted by Crippen LogP contribution is 1.55. The largest absolute Gasteiger partial charge is 0.422 e. The SMILES string of the molecule is N#CN=CN=C=[N-]. The molecule has 0 bridgehead atoms. The van der Waals surface area contributed by atoms with Crippen LogP contribution in [0, 0.1) is 11.5 Å². The Kier molecular flexibility index (Phi) is 3.59. The predicted molar refractivity (Wildman–Crippen MR) is 24.9 cm³/mol. The lowest BCUT2D eigenvalue weighted by Gasteiger charge is -1.69. The van der Waals surface area contributed by atoms with Crippen LogP contribution in [0.25, 0.3) is 5.41 Å². The summed E-state index contributed by atoms with van der Waals surface area (Å²) in [5, 5.41) is 15.4. The van der Waals surface area contributed by atoms with E-state index in [9.17, 15) is 0 Å². The van der Waals surface area contributed by atoms with Crippen molar-refractivity contribution in [1.82, 2.24) is 0 Å². The van der Waals surface area contributed by atoms with Gasteiger partial charge in [-0.15, -0.1) is 0 Å². The van der Waals surface area contributed by atoms with E-state index < -0.39 is 0 Å². The lowest BCUT2D eigenvalue weighted by molar-refractivity contribution is 1.44. The molecule has 0 aliphatic heterocycles. The molecule has 4 heteroatoms. The van der Waals surface area contributed by atoms with Crippen molar-refractivity contribution in [2.45, 2.75) is 0 Å². The molecule has 0 unspecified atom stereocenters. The van der Waals surface area contributed by atoms with Crippen LogP contribution in [-0.4, -0.2) is 12.3 Å². The lowest BCUT2D eigenvalue weighted by atomic mass is 11.2. The second-order valence-corrected chi connectivity index (χ2v) is 0.574. The second kappa shape index (κ2) is 4.54. The topological polar surface area (TPSA) is 70.8 Å². The minimum absolute atomic E-state index is 0.889. The molecule has 0 N–H and O–H groups in total. The Morgan fingerprint density at radius 1 is 1.71 bits per heavy atom. The van der Waals surface area contributed by atoms with Gasteiger partial charge in [0.25, 0.3) is 0 Å². The van der Waals surface area contributed by atoms with Gasteiger partial charge in [-0.3, -0.25) is 0 Å². The Bertz CT molecular complexity index is 145. The Morgan fingerprint density at radius 2 is 2.43 bits per heavy atom. The molecule has 0 aromatic rings. The number of hydrogen-bond donors (Lipinski definition) is 0. The third-order valence-electron chi connectivity index (χ3n) is 0.231. The van der Waals surface area contributed by atoms with Crippen molar-refractivity contribution < 1.29 is 0 Å². The Labute approximate surface area is 40.3 Å². The smallest absolute Gasteiger partial charge is 0.205 e. The zero-order valence-electron chi connectivity index (χ0n) is 3.37. The lowest BCUT2D eigenvalue weighted by Crippen LogP contribution is -1.57. The maximum Gasteiger partial charge on any atom is 0.205 e. The first-order valence-electron chi connectivity index (χ1n) is 1.41. The highest BCUT2D eigenvalue weighted by Gasteiger charge is 1.45. The van der Waals surface area contributed by atoms with Crippen molar-refractivity contribution in [2.75, 3.05) is 0 Å². The molecule has 0 saturated carbocycles. The summed E-state index contributed by atoms with van der Waals surface area (Å²) >= 11 is 0. The fraction of sp³-hybridized carbons (Fsp3) is 0. The summed E-state index contributed by atoms with van der Waals surface area (Å²) in [5.74, 6) is 0. The predicted octanol–water partition coefficient (Wildman–Crippen LogP) is 0.239. The van der Waals surface area contributed by atoms with Crippen molar-refractivity contribution in [3.63, 3.8) is 0 Å². The Balaban J connectivity index is 3.54. The summed E-state index contributed by atoms with van der Waals surface area (Å²) in [5.41, 5.74) is 0. The summed E-state index contributed by atoms with van der Waals surface area (Å²) in [7, 11) is 0. The summed E-state index contributed by atoms with van der Waals surface area (Å²) in [4.78, 5) is 5.91. The molecule has 0 spiro atoms. The molecule has 0 heterocycles. The third-order valence-corrected chi connectivity index (χ3v) is 0.231. The fourth-order valence-corrected chi connectivity index (χ4v) is 0.0805. The van der Waals surface area contributed by atoms with Crippen molar-refractivity contribution >= 4 is 12.3 Å². The van der Waals surface area contributed by atoms with Gasteiger partial charge in [0.15, 0.2) is 0 Å². The van der Waals surface area contributed by atoms with E-state index in [4.69, 9.17) is 10.7 Å². The number of hydrogen-bond acceptors (Lipinski definition) is 2. The molecular formula is C3HN4-. The van der Waals surface area contributed by atoms with Crippen LogP contribution in [-0.2, 0) is 0 Å². The Morgan fingerprint density at radius 3 is 2.86 bits per heavy atom. The number of nitrogens with zero attached hydrogens (tertiary/aromatic N) is 4. The third kappa shape index (κ3) is 4.54. The van der Waals surface area contributed by atoms with Gasteiger partial charge < -0.3 is 10.4 Å². The van der Waals surface area contributed by atoms with Gasteiger partial charge in [-0.2, -0.15) is 16.3 Å². The maximum atomic E-state index is 7.68. The summed E-state index contributed by atoms with van der Waals surface area (Å²) in [6.07, 6.45) is 2.32. The molecule has 0 saturated heterocycles. The van der Waals surface area contributed by atoms with Crippen LogP contribution in [0.4, 0.5) is 0 Å². The highest BCUT2D eigenvalue weighted by molar-refractivity contribution is 5.67. The van der Waals surface area contributed by atoms with Crippen molar-refractivity contribution in [1.29, 1.82) is 5.26 Å². The van der Waals surface area contributed by atoms with E-state index in [-0.39, 0.29) is 0 Å². The van der Waals surface area contributed by atoms with Crippen LogP contribution in [0.15, 0.2) is 9.98 Å². The van der Waals surface area contributed by atoms with Gasteiger partial charge in [0.2, 0.25) is 6.19 Å². The minimum atomic E-state index is 0.889. The molecule has 4 nitrogen and oxygen atoms in total. The van der Waals surface area contributed by atoms with Gasteiger partial charge in [-0.05, 0) is 0 Å². The maximum absolute atomic E-state index is 7.68. The molecule has 34 valence electrons. The van der Waals surface area contributed by atoms with Gasteiger partial charge in [0.1, 0.15) is 0 Å². The average molecular weight is 93.1 g/mol. The van der Waals surface area contributed by atoms with E-state index in [0.29, 0.717) is 0 Å². The first-order chi connectivity index (χ1) is 3.41. The van der Waals surface area contributed by atoms with Gasteiger partial charge in [-0.1, -0.05) is 0 Å². The minimum Gasteiger partial charge on any atom is -0.422 e. The van der Waals surface area contributed by atoms with Crippen molar-refractivity contribution in [3.8, 4) is 6.19 Å². The fourth-order valence-electron chi connectivity index (χ4n) is 0.0805. The molecule has 7 heavy (non-hydrogen) atoms. The van der Waals surface area contributed by atoms with E-state index in [1.165, 1.54) is 12.2 Å². The number of rotatable bonds is 1. The van der Waals surface area contributed by atoms with Crippen LogP contribution in [0.3, 0.4) is 0 Å². The van der Waals surface area contributed by atoms with Crippen LogP contribution in [0.1, 0.15) is 0 Å². The zero-order valence-corrected chi connectivity index (χ0v) is 3.37. The van der Waals surface area contributed by atoms with Gasteiger partial charge in [0.05, 0.1) is 0 Å². The molecular weight excluding hydrogens is 92.1 g/mol. The van der Waals surface area contributed by atoms with Crippen LogP contribution >= 0.6 is 0 Å². The van der Waals surface area contributed by atoms with E-state index >= 15 is 0 Å². The number of nitriles is 1. The van der Waals surface area contributed by atoms with Crippen LogP contribution in [0.5, 0.6) is 0 Å². The zero-order chi connectivity index (χ0) is 5.54. The Hall–Kier alpha value is -1.46. The molecule has 0 atom stereocenters. The summed E-state index contributed by atoms with van der Waals surface area (Å²) in [6.45, 7) is 0. The summed E-state index contributed by atoms with van der Waals surface area (Å²) in [6, 6.07) is 1.43. The first-order valence-corrected chi connectivity index (χ1v) is 1.41. The molecule has 0 aromatic heterocycles. The molecule has 0 aromatic carbocycles. The van der Waals surface area contributed by atoms with E-state index in [1.807, 2.05) is 0 Å². The first kappa shape index (κ1) is 5.54. The summed E-state index contributed by atoms with van der Waals surface area (Å²) < 4.78 is 0. The van der Waals surface area contributed by atoms with Crippen molar-refractivity contribution in [2.24, 2.45) is 9.98 Å². The standard InChI is InChI=1S/C3HN4/c4-1-6-3-7-2-5/h3H/q-1. The van der Waals surface area contributed by atoms with Gasteiger partial charge >= 0.3 is 0 Å². The molecule has 0 rings (SSSR count). The van der Waals surface area contributed by atoms with Crippen LogP contribution < -0.4 is 0 Å². The van der Waals surface area contributed by atoms with Gasteiger partial charge in [-0.25, -0.2) is 0 Å². The van der Waals surface area contributed by atoms with E-state index in [2.05, 4.69) is 9.98 Å².